The zero-order valence-electron chi connectivity index (χ0n) is 21.0. The van der Waals surface area contributed by atoms with Crippen molar-refractivity contribution in [3.05, 3.63) is 0 Å². The number of ether oxygens (including phenoxy) is 1. The second-order valence-corrected chi connectivity index (χ2v) is 8.14. The summed E-state index contributed by atoms with van der Waals surface area (Å²) in [4.78, 5) is 25.6. The standard InChI is InChI=1S/C20H42O.3Na.H3O4P/c1-7-13-15-17-19(9-3,10-4)21-20(11-5,12-6)18-16-14-8-2;;;;1-5(2,3)4/h7-18H2,1-6H3;;;;(H3,1,2,3,4)/q;3*+1;/p-3. The molecule has 0 saturated heterocycles. The first kappa shape index (κ1) is 42.2. The predicted octanol–water partition coefficient (Wildman–Crippen LogP) is -4.53. The molecule has 0 N–H and O–H groups in total. The van der Waals surface area contributed by atoms with Crippen molar-refractivity contribution in [2.45, 2.75) is 130 Å². The summed E-state index contributed by atoms with van der Waals surface area (Å²) >= 11 is 0. The average Bonchev–Trinajstić information content (AvgIpc) is 2.59. The molecule has 0 spiro atoms. The van der Waals surface area contributed by atoms with Gasteiger partial charge in [0.2, 0.25) is 0 Å². The molecule has 0 rings (SSSR count). The third kappa shape index (κ3) is 24.0. The van der Waals surface area contributed by atoms with Gasteiger partial charge in [0, 0.05) is 0 Å². The monoisotopic (exact) mass is 462 g/mol. The minimum Gasteiger partial charge on any atom is -0.822 e. The maximum Gasteiger partial charge on any atom is 1.00 e. The van der Waals surface area contributed by atoms with Gasteiger partial charge in [0.1, 0.15) is 0 Å². The Kier molecular flexibility index (Phi) is 35.3. The first-order valence-electron chi connectivity index (χ1n) is 10.5. The fraction of sp³-hybridized carbons (Fsp3) is 1.00. The van der Waals surface area contributed by atoms with Crippen LogP contribution < -0.4 is 103 Å². The molecular weight excluding hydrogens is 420 g/mol. The van der Waals surface area contributed by atoms with Crippen molar-refractivity contribution in [1.82, 2.24) is 0 Å². The normalized spacial score (nSPS) is 11.3. The second kappa shape index (κ2) is 24.2. The zero-order chi connectivity index (χ0) is 20.7. The van der Waals surface area contributed by atoms with Gasteiger partial charge in [0.25, 0.3) is 0 Å². The molecular formula is C20H42Na3O5P. The minimum atomic E-state index is -5.39. The Morgan fingerprint density at radius 1 is 0.621 bits per heavy atom. The van der Waals surface area contributed by atoms with Gasteiger partial charge >= 0.3 is 88.7 Å². The van der Waals surface area contributed by atoms with Crippen LogP contribution in [0.4, 0.5) is 0 Å². The van der Waals surface area contributed by atoms with E-state index in [9.17, 15) is 0 Å². The van der Waals surface area contributed by atoms with Gasteiger partial charge in [-0.3, -0.25) is 0 Å². The Bertz CT molecular complexity index is 341. The van der Waals surface area contributed by atoms with Crippen LogP contribution in [0.2, 0.25) is 0 Å². The van der Waals surface area contributed by atoms with E-state index < -0.39 is 7.82 Å². The number of rotatable bonds is 14. The van der Waals surface area contributed by atoms with Crippen LogP contribution in [0.25, 0.3) is 0 Å². The summed E-state index contributed by atoms with van der Waals surface area (Å²) in [6.45, 7) is 13.8. The van der Waals surface area contributed by atoms with E-state index in [4.69, 9.17) is 24.0 Å². The minimum absolute atomic E-state index is 0. The first-order valence-corrected chi connectivity index (χ1v) is 12.0. The SMILES string of the molecule is CCCCCC(CC)(CC)OC(CC)(CC)CCCCC.O=P([O-])([O-])[O-].[Na+].[Na+].[Na+]. The van der Waals surface area contributed by atoms with Crippen molar-refractivity contribution in [1.29, 1.82) is 0 Å². The smallest absolute Gasteiger partial charge is 0.822 e. The summed E-state index contributed by atoms with van der Waals surface area (Å²) in [5.41, 5.74) is 0.237. The van der Waals surface area contributed by atoms with E-state index in [1.54, 1.807) is 0 Å². The summed E-state index contributed by atoms with van der Waals surface area (Å²) in [6.07, 6.45) is 15.0. The predicted molar refractivity (Wildman–Crippen MR) is 104 cm³/mol. The molecule has 0 fully saturated rings. The summed E-state index contributed by atoms with van der Waals surface area (Å²) in [5, 5.41) is 0. The summed E-state index contributed by atoms with van der Waals surface area (Å²) in [5.74, 6) is 0. The Labute approximate surface area is 247 Å². The Balaban J connectivity index is -0.000000213. The largest absolute Gasteiger partial charge is 1.00 e. The summed E-state index contributed by atoms with van der Waals surface area (Å²) < 4.78 is 15.5. The quantitative estimate of drug-likeness (QED) is 0.147. The van der Waals surface area contributed by atoms with E-state index in [1.807, 2.05) is 0 Å². The van der Waals surface area contributed by atoms with E-state index in [1.165, 1.54) is 51.4 Å². The van der Waals surface area contributed by atoms with Crippen molar-refractivity contribution >= 4 is 7.82 Å². The Morgan fingerprint density at radius 3 is 1.03 bits per heavy atom. The van der Waals surface area contributed by atoms with Gasteiger partial charge in [-0.05, 0) is 38.5 Å². The van der Waals surface area contributed by atoms with E-state index in [2.05, 4.69) is 41.5 Å². The van der Waals surface area contributed by atoms with E-state index in [0.717, 1.165) is 25.7 Å². The van der Waals surface area contributed by atoms with Crippen LogP contribution >= 0.6 is 7.82 Å². The zero-order valence-corrected chi connectivity index (χ0v) is 27.9. The molecule has 0 aliphatic carbocycles. The average molecular weight is 462 g/mol. The maximum absolute atomic E-state index is 8.55. The van der Waals surface area contributed by atoms with Crippen LogP contribution in [-0.4, -0.2) is 11.2 Å². The summed E-state index contributed by atoms with van der Waals surface area (Å²) in [6, 6.07) is 0. The van der Waals surface area contributed by atoms with Crippen LogP contribution in [0.5, 0.6) is 0 Å². The molecule has 0 aliphatic rings. The molecule has 0 aromatic rings. The van der Waals surface area contributed by atoms with Crippen molar-refractivity contribution in [2.24, 2.45) is 0 Å². The van der Waals surface area contributed by atoms with Crippen molar-refractivity contribution in [3.8, 4) is 0 Å². The number of unbranched alkanes of at least 4 members (excludes halogenated alkanes) is 4. The van der Waals surface area contributed by atoms with Gasteiger partial charge in [-0.1, -0.05) is 80.1 Å². The fourth-order valence-electron chi connectivity index (χ4n) is 3.45. The molecule has 0 atom stereocenters. The number of hydrogen-bond acceptors (Lipinski definition) is 5. The van der Waals surface area contributed by atoms with Crippen molar-refractivity contribution < 1.29 is 113 Å². The summed E-state index contributed by atoms with van der Waals surface area (Å²) in [7, 11) is -5.39. The fourth-order valence-corrected chi connectivity index (χ4v) is 3.45. The van der Waals surface area contributed by atoms with Gasteiger partial charge < -0.3 is 24.0 Å². The van der Waals surface area contributed by atoms with Gasteiger partial charge in [0.15, 0.2) is 0 Å². The Morgan fingerprint density at radius 2 is 0.862 bits per heavy atom. The molecule has 0 radical (unpaired) electrons. The molecule has 160 valence electrons. The van der Waals surface area contributed by atoms with Crippen LogP contribution in [0.1, 0.15) is 119 Å². The van der Waals surface area contributed by atoms with Gasteiger partial charge in [-0.15, -0.1) is 0 Å². The van der Waals surface area contributed by atoms with E-state index >= 15 is 0 Å². The van der Waals surface area contributed by atoms with Gasteiger partial charge in [-0.2, -0.15) is 7.82 Å². The topological polar surface area (TPSA) is 95.5 Å². The van der Waals surface area contributed by atoms with Crippen LogP contribution in [0.3, 0.4) is 0 Å². The molecule has 0 bridgehead atoms. The molecule has 0 unspecified atom stereocenters. The molecule has 0 aromatic carbocycles. The molecule has 5 nitrogen and oxygen atoms in total. The molecule has 29 heavy (non-hydrogen) atoms. The van der Waals surface area contributed by atoms with Crippen molar-refractivity contribution in [2.75, 3.05) is 0 Å². The Hall–Kier alpha value is 3.07. The van der Waals surface area contributed by atoms with Crippen LogP contribution in [0.15, 0.2) is 0 Å². The molecule has 9 heteroatoms. The number of phosphoric acid groups is 1. The number of hydrogen-bond donors (Lipinski definition) is 0. The van der Waals surface area contributed by atoms with E-state index in [-0.39, 0.29) is 99.9 Å². The van der Waals surface area contributed by atoms with Gasteiger partial charge in [0.05, 0.1) is 11.2 Å². The maximum atomic E-state index is 8.55. The third-order valence-electron chi connectivity index (χ3n) is 5.48. The van der Waals surface area contributed by atoms with Gasteiger partial charge in [-0.25, -0.2) is 0 Å². The third-order valence-corrected chi connectivity index (χ3v) is 5.48. The molecule has 0 amide bonds. The first-order chi connectivity index (χ1) is 12.1. The van der Waals surface area contributed by atoms with Crippen LogP contribution in [-0.2, 0) is 9.30 Å². The van der Waals surface area contributed by atoms with Crippen molar-refractivity contribution in [3.63, 3.8) is 0 Å². The molecule has 0 aromatic heterocycles. The molecule has 0 aliphatic heterocycles. The molecule has 0 heterocycles. The van der Waals surface area contributed by atoms with Crippen LogP contribution in [0, 0.1) is 0 Å². The molecule has 0 saturated carbocycles. The van der Waals surface area contributed by atoms with E-state index in [0.29, 0.717) is 0 Å². The second-order valence-electron chi connectivity index (χ2n) is 7.24.